The van der Waals surface area contributed by atoms with Crippen LogP contribution in [0.2, 0.25) is 0 Å². The van der Waals surface area contributed by atoms with Crippen LogP contribution >= 0.6 is 12.8 Å². The maximum absolute atomic E-state index is 10.5. The zero-order valence-electron chi connectivity index (χ0n) is 7.10. The van der Waals surface area contributed by atoms with Crippen LogP contribution in [0.15, 0.2) is 12.4 Å². The topological polar surface area (TPSA) is 75.0 Å². The van der Waals surface area contributed by atoms with Crippen LogP contribution in [-0.4, -0.2) is 26.8 Å². The number of aromatic nitrogens is 2. The van der Waals surface area contributed by atoms with Gasteiger partial charge in [-0.3, -0.25) is 4.31 Å². The lowest BCUT2D eigenvalue weighted by molar-refractivity contribution is 0.235. The van der Waals surface area contributed by atoms with Crippen LogP contribution in [0.25, 0.3) is 0 Å². The van der Waals surface area contributed by atoms with Crippen molar-refractivity contribution in [1.82, 2.24) is 14.3 Å². The average Bonchev–Trinajstić information content (AvgIpc) is 2.56. The van der Waals surface area contributed by atoms with E-state index in [4.69, 9.17) is 5.73 Å². The summed E-state index contributed by atoms with van der Waals surface area (Å²) in [4.78, 5) is 17.6. The zero-order valence-corrected chi connectivity index (χ0v) is 8.00. The molecule has 0 fully saturated rings. The van der Waals surface area contributed by atoms with E-state index < -0.39 is 6.03 Å². The van der Waals surface area contributed by atoms with E-state index in [2.05, 4.69) is 22.8 Å². The van der Waals surface area contributed by atoms with E-state index in [1.165, 1.54) is 4.31 Å². The minimum absolute atomic E-state index is 0.525. The number of H-pyrrole nitrogens is 1. The number of nitrogens with two attached hydrogens (primary N) is 1. The van der Waals surface area contributed by atoms with Gasteiger partial charge in [0.15, 0.2) is 0 Å². The molecule has 0 saturated heterocycles. The highest BCUT2D eigenvalue weighted by molar-refractivity contribution is 7.78. The molecule has 1 aromatic rings. The monoisotopic (exact) mass is 200 g/mol. The number of aromatic amines is 1. The number of carbonyl (C=O) groups excluding carboxylic acids is 1. The molecular weight excluding hydrogens is 188 g/mol. The Labute approximate surface area is 81.9 Å². The molecule has 72 valence electrons. The van der Waals surface area contributed by atoms with E-state index in [1.54, 1.807) is 12.4 Å². The Morgan fingerprint density at radius 3 is 3.08 bits per heavy atom. The molecule has 13 heavy (non-hydrogen) atoms. The summed E-state index contributed by atoms with van der Waals surface area (Å²) in [6.45, 7) is 0.527. The fourth-order valence-corrected chi connectivity index (χ4v) is 1.08. The average molecular weight is 200 g/mol. The van der Waals surface area contributed by atoms with Crippen LogP contribution in [-0.2, 0) is 6.42 Å². The van der Waals surface area contributed by atoms with E-state index in [1.807, 2.05) is 0 Å². The predicted molar refractivity (Wildman–Crippen MR) is 52.2 cm³/mol. The fourth-order valence-electron chi connectivity index (χ4n) is 0.941. The van der Waals surface area contributed by atoms with Gasteiger partial charge in [0, 0.05) is 25.4 Å². The van der Waals surface area contributed by atoms with Crippen molar-refractivity contribution in [2.75, 3.05) is 6.54 Å². The van der Waals surface area contributed by atoms with Gasteiger partial charge >= 0.3 is 6.03 Å². The van der Waals surface area contributed by atoms with Crippen LogP contribution in [0.3, 0.4) is 0 Å². The zero-order chi connectivity index (χ0) is 9.68. The van der Waals surface area contributed by atoms with Gasteiger partial charge in [-0.05, 0) is 6.42 Å². The summed E-state index contributed by atoms with van der Waals surface area (Å²) < 4.78 is 1.18. The Morgan fingerprint density at radius 1 is 1.77 bits per heavy atom. The molecule has 0 spiro atoms. The Hall–Kier alpha value is -1.17. The fraction of sp³-hybridized carbons (Fsp3) is 0.429. The minimum Gasteiger partial charge on any atom is -0.351 e. The molecule has 0 unspecified atom stereocenters. The molecule has 0 aliphatic carbocycles. The number of carbonyl (C=O) groups is 1. The maximum atomic E-state index is 10.5. The summed E-state index contributed by atoms with van der Waals surface area (Å²) in [5, 5.41) is 0. The molecule has 6 heteroatoms. The van der Waals surface area contributed by atoms with Crippen molar-refractivity contribution in [2.45, 2.75) is 12.8 Å². The van der Waals surface area contributed by atoms with Crippen LogP contribution in [0.1, 0.15) is 12.2 Å². The molecule has 0 radical (unpaired) electrons. The molecule has 2 amide bonds. The molecule has 0 atom stereocenters. The minimum atomic E-state index is -0.525. The number of imidazole rings is 1. The Balaban J connectivity index is 2.18. The first-order valence-corrected chi connectivity index (χ1v) is 4.34. The van der Waals surface area contributed by atoms with Gasteiger partial charge in [-0.25, -0.2) is 9.78 Å². The second-order valence-corrected chi connectivity index (χ2v) is 3.08. The highest BCUT2D eigenvalue weighted by Gasteiger charge is 2.03. The van der Waals surface area contributed by atoms with Crippen molar-refractivity contribution in [3.63, 3.8) is 0 Å². The molecule has 0 bridgehead atoms. The van der Waals surface area contributed by atoms with Crippen molar-refractivity contribution in [3.05, 3.63) is 18.2 Å². The largest absolute Gasteiger partial charge is 0.351 e. The second kappa shape index (κ2) is 4.76. The van der Waals surface area contributed by atoms with Gasteiger partial charge in [0.2, 0.25) is 0 Å². The van der Waals surface area contributed by atoms with Gasteiger partial charge in [-0.1, -0.05) is 12.8 Å². The summed E-state index contributed by atoms with van der Waals surface area (Å²) in [6.07, 6.45) is 5.04. The van der Waals surface area contributed by atoms with Crippen molar-refractivity contribution >= 4 is 18.8 Å². The van der Waals surface area contributed by atoms with Gasteiger partial charge < -0.3 is 10.7 Å². The quantitative estimate of drug-likeness (QED) is 0.621. The maximum Gasteiger partial charge on any atom is 0.324 e. The Kier molecular flexibility index (Phi) is 3.63. The molecule has 1 rings (SSSR count). The van der Waals surface area contributed by atoms with E-state index in [-0.39, 0.29) is 0 Å². The second-order valence-electron chi connectivity index (χ2n) is 2.60. The molecule has 0 aliphatic heterocycles. The van der Waals surface area contributed by atoms with Gasteiger partial charge in [-0.2, -0.15) is 0 Å². The molecular formula is C7H12N4OS. The number of thiol groups is 1. The number of nitrogens with zero attached hydrogens (tertiary/aromatic N) is 2. The molecule has 1 heterocycles. The molecule has 5 nitrogen and oxygen atoms in total. The van der Waals surface area contributed by atoms with Gasteiger partial charge in [0.05, 0.1) is 0 Å². The summed E-state index contributed by atoms with van der Waals surface area (Å²) in [5.41, 5.74) is 4.98. The predicted octanol–water partition coefficient (Wildman–Crippen LogP) is 0.568. The first kappa shape index (κ1) is 9.91. The Morgan fingerprint density at radius 2 is 2.54 bits per heavy atom. The van der Waals surface area contributed by atoms with E-state index in [0.29, 0.717) is 6.54 Å². The van der Waals surface area contributed by atoms with Crippen molar-refractivity contribution in [1.29, 1.82) is 0 Å². The Bertz CT molecular complexity index is 261. The number of amides is 2. The number of aryl methyl sites for hydroxylation is 1. The first-order chi connectivity index (χ1) is 6.20. The molecule has 0 saturated carbocycles. The number of urea groups is 1. The van der Waals surface area contributed by atoms with E-state index in [0.717, 1.165) is 18.7 Å². The number of nitrogens with one attached hydrogen (secondary N) is 1. The van der Waals surface area contributed by atoms with Gasteiger partial charge in [0.1, 0.15) is 5.82 Å². The highest BCUT2D eigenvalue weighted by atomic mass is 32.1. The van der Waals surface area contributed by atoms with Gasteiger partial charge in [-0.15, -0.1) is 0 Å². The lowest BCUT2D eigenvalue weighted by atomic mass is 10.3. The van der Waals surface area contributed by atoms with Crippen LogP contribution in [0, 0.1) is 0 Å². The van der Waals surface area contributed by atoms with Crippen molar-refractivity contribution in [2.24, 2.45) is 5.73 Å². The third kappa shape index (κ3) is 3.37. The molecule has 0 aliphatic rings. The van der Waals surface area contributed by atoms with Crippen LogP contribution < -0.4 is 5.73 Å². The van der Waals surface area contributed by atoms with Crippen LogP contribution in [0.4, 0.5) is 4.79 Å². The normalized spacial score (nSPS) is 9.92. The smallest absolute Gasteiger partial charge is 0.324 e. The first-order valence-electron chi connectivity index (χ1n) is 3.94. The number of hydrogen-bond acceptors (Lipinski definition) is 3. The highest BCUT2D eigenvalue weighted by Crippen LogP contribution is 1.99. The number of hydrogen-bond donors (Lipinski definition) is 3. The van der Waals surface area contributed by atoms with E-state index >= 15 is 0 Å². The summed E-state index contributed by atoms with van der Waals surface area (Å²) in [7, 11) is 0. The van der Waals surface area contributed by atoms with Gasteiger partial charge in [0.25, 0.3) is 0 Å². The summed E-state index contributed by atoms with van der Waals surface area (Å²) >= 11 is 3.88. The third-order valence-electron chi connectivity index (χ3n) is 1.59. The molecule has 3 N–H and O–H groups in total. The molecule has 1 aromatic heterocycles. The third-order valence-corrected chi connectivity index (χ3v) is 1.99. The SMILES string of the molecule is NC(=O)N(S)CCCc1ncc[nH]1. The lowest BCUT2D eigenvalue weighted by Crippen LogP contribution is -2.28. The van der Waals surface area contributed by atoms with Crippen LogP contribution in [0.5, 0.6) is 0 Å². The lowest BCUT2D eigenvalue weighted by Gasteiger charge is -2.10. The summed E-state index contributed by atoms with van der Waals surface area (Å²) in [5.74, 6) is 0.909. The number of primary amides is 1. The van der Waals surface area contributed by atoms with E-state index in [9.17, 15) is 4.79 Å². The standard InChI is InChI=1S/C7H12N4OS/c8-7(12)11(13)5-1-2-6-9-3-4-10-6/h3-4,13H,1-2,5H2,(H2,8,12)(H,9,10). The number of rotatable bonds is 4. The van der Waals surface area contributed by atoms with Crippen molar-refractivity contribution < 1.29 is 4.79 Å². The van der Waals surface area contributed by atoms with Crippen molar-refractivity contribution in [3.8, 4) is 0 Å². The molecule has 0 aromatic carbocycles. The summed E-state index contributed by atoms with van der Waals surface area (Å²) in [6, 6.07) is -0.525.